The van der Waals surface area contributed by atoms with Crippen molar-refractivity contribution >= 4 is 0 Å². The molecule has 1 heterocycles. The molecule has 19 heavy (non-hydrogen) atoms. The van der Waals surface area contributed by atoms with Gasteiger partial charge in [0.15, 0.2) is 0 Å². The first kappa shape index (κ1) is 13.7. The smallest absolute Gasteiger partial charge is 0.0648 e. The zero-order chi connectivity index (χ0) is 13.8. The number of benzene rings is 1. The van der Waals surface area contributed by atoms with E-state index in [1.165, 1.54) is 16.7 Å². The molecule has 0 amide bonds. The number of hydrogen-bond donors (Lipinski definition) is 1. The molecule has 1 N–H and O–H groups in total. The van der Waals surface area contributed by atoms with Gasteiger partial charge in [-0.15, -0.1) is 0 Å². The van der Waals surface area contributed by atoms with Crippen molar-refractivity contribution in [3.63, 3.8) is 0 Å². The van der Waals surface area contributed by atoms with E-state index in [0.717, 1.165) is 17.8 Å². The summed E-state index contributed by atoms with van der Waals surface area (Å²) in [5.41, 5.74) is 5.82. The summed E-state index contributed by atoms with van der Waals surface area (Å²) in [5, 5.41) is 11.7. The summed E-state index contributed by atoms with van der Waals surface area (Å²) in [7, 11) is 1.99. The first-order valence-electron chi connectivity index (χ1n) is 6.64. The molecule has 3 nitrogen and oxygen atoms in total. The molecule has 0 fully saturated rings. The fourth-order valence-corrected chi connectivity index (χ4v) is 2.25. The van der Waals surface area contributed by atoms with Gasteiger partial charge in [0.25, 0.3) is 0 Å². The van der Waals surface area contributed by atoms with E-state index in [-0.39, 0.29) is 6.04 Å². The van der Waals surface area contributed by atoms with Crippen molar-refractivity contribution in [3.8, 4) is 0 Å². The second-order valence-electron chi connectivity index (χ2n) is 5.06. The quantitative estimate of drug-likeness (QED) is 0.913. The Hall–Kier alpha value is -1.74. The number of nitrogens with zero attached hydrogens (tertiary/aromatic N) is 2. The SMILES string of the molecule is CNC(Cc1ccc(C)cc1)c1cc(C)nnc1C. The Bertz CT molecular complexity index is 546. The van der Waals surface area contributed by atoms with Gasteiger partial charge in [-0.3, -0.25) is 0 Å². The van der Waals surface area contributed by atoms with Crippen LogP contribution in [-0.4, -0.2) is 17.2 Å². The van der Waals surface area contributed by atoms with Crippen LogP contribution < -0.4 is 5.32 Å². The van der Waals surface area contributed by atoms with Crippen molar-refractivity contribution in [1.82, 2.24) is 15.5 Å². The summed E-state index contributed by atoms with van der Waals surface area (Å²) < 4.78 is 0. The first-order valence-corrected chi connectivity index (χ1v) is 6.64. The molecule has 1 unspecified atom stereocenters. The molecule has 100 valence electrons. The molecule has 0 saturated carbocycles. The average Bonchev–Trinajstić information content (AvgIpc) is 2.41. The highest BCUT2D eigenvalue weighted by Gasteiger charge is 2.14. The minimum atomic E-state index is 0.275. The van der Waals surface area contributed by atoms with E-state index in [1.807, 2.05) is 20.9 Å². The third kappa shape index (κ3) is 3.38. The molecule has 2 rings (SSSR count). The van der Waals surface area contributed by atoms with Crippen LogP contribution in [0.25, 0.3) is 0 Å². The molecule has 1 aromatic carbocycles. The van der Waals surface area contributed by atoms with Gasteiger partial charge >= 0.3 is 0 Å². The van der Waals surface area contributed by atoms with Crippen molar-refractivity contribution in [2.24, 2.45) is 0 Å². The summed E-state index contributed by atoms with van der Waals surface area (Å²) in [6, 6.07) is 11.1. The van der Waals surface area contributed by atoms with Gasteiger partial charge < -0.3 is 5.32 Å². The minimum absolute atomic E-state index is 0.275. The minimum Gasteiger partial charge on any atom is -0.313 e. The van der Waals surface area contributed by atoms with Crippen molar-refractivity contribution in [3.05, 3.63) is 58.4 Å². The van der Waals surface area contributed by atoms with Crippen molar-refractivity contribution in [2.45, 2.75) is 33.2 Å². The van der Waals surface area contributed by atoms with Gasteiger partial charge in [-0.2, -0.15) is 10.2 Å². The van der Waals surface area contributed by atoms with E-state index >= 15 is 0 Å². The monoisotopic (exact) mass is 255 g/mol. The Labute approximate surface area is 115 Å². The second kappa shape index (κ2) is 5.93. The van der Waals surface area contributed by atoms with Gasteiger partial charge in [-0.05, 0) is 51.4 Å². The zero-order valence-corrected chi connectivity index (χ0v) is 12.1. The maximum atomic E-state index is 4.21. The van der Waals surface area contributed by atoms with Crippen LogP contribution >= 0.6 is 0 Å². The van der Waals surface area contributed by atoms with Gasteiger partial charge in [0.2, 0.25) is 0 Å². The molecular formula is C16H21N3. The van der Waals surface area contributed by atoms with Crippen LogP contribution in [0.15, 0.2) is 30.3 Å². The summed E-state index contributed by atoms with van der Waals surface area (Å²) in [4.78, 5) is 0. The second-order valence-corrected chi connectivity index (χ2v) is 5.06. The highest BCUT2D eigenvalue weighted by atomic mass is 15.1. The summed E-state index contributed by atoms with van der Waals surface area (Å²) in [5.74, 6) is 0. The van der Waals surface area contributed by atoms with Crippen LogP contribution in [0.2, 0.25) is 0 Å². The standard InChI is InChI=1S/C16H21N3/c1-11-5-7-14(8-6-11)10-16(17-4)15-9-12(2)18-19-13(15)3/h5-9,16-17H,10H2,1-4H3. The van der Waals surface area contributed by atoms with Gasteiger partial charge in [0.1, 0.15) is 0 Å². The number of aromatic nitrogens is 2. The van der Waals surface area contributed by atoms with Crippen LogP contribution in [0.3, 0.4) is 0 Å². The Morgan fingerprint density at radius 2 is 1.74 bits per heavy atom. The lowest BCUT2D eigenvalue weighted by atomic mass is 9.97. The van der Waals surface area contributed by atoms with Crippen molar-refractivity contribution in [2.75, 3.05) is 7.05 Å². The molecule has 0 aliphatic carbocycles. The largest absolute Gasteiger partial charge is 0.313 e. The average molecular weight is 255 g/mol. The Balaban J connectivity index is 2.24. The predicted octanol–water partition coefficient (Wildman–Crippen LogP) is 2.91. The summed E-state index contributed by atoms with van der Waals surface area (Å²) >= 11 is 0. The maximum Gasteiger partial charge on any atom is 0.0648 e. The maximum absolute atomic E-state index is 4.21. The number of rotatable bonds is 4. The van der Waals surface area contributed by atoms with E-state index < -0.39 is 0 Å². The fraction of sp³-hybridized carbons (Fsp3) is 0.375. The first-order chi connectivity index (χ1) is 9.10. The molecule has 0 aliphatic heterocycles. The Kier molecular flexibility index (Phi) is 4.27. The van der Waals surface area contributed by atoms with E-state index in [2.05, 4.69) is 52.8 Å². The van der Waals surface area contributed by atoms with Gasteiger partial charge in [-0.1, -0.05) is 29.8 Å². The van der Waals surface area contributed by atoms with Gasteiger partial charge in [0.05, 0.1) is 11.4 Å². The van der Waals surface area contributed by atoms with Gasteiger partial charge in [0, 0.05) is 6.04 Å². The van der Waals surface area contributed by atoms with E-state index in [1.54, 1.807) is 0 Å². The van der Waals surface area contributed by atoms with Gasteiger partial charge in [-0.25, -0.2) is 0 Å². The topological polar surface area (TPSA) is 37.8 Å². The van der Waals surface area contributed by atoms with E-state index in [9.17, 15) is 0 Å². The molecule has 0 saturated heterocycles. The van der Waals surface area contributed by atoms with Crippen LogP contribution in [-0.2, 0) is 6.42 Å². The molecule has 2 aromatic rings. The lowest BCUT2D eigenvalue weighted by Gasteiger charge is -2.18. The Morgan fingerprint density at radius 3 is 2.37 bits per heavy atom. The molecule has 0 spiro atoms. The molecule has 0 bridgehead atoms. The highest BCUT2D eigenvalue weighted by Crippen LogP contribution is 2.20. The molecule has 0 radical (unpaired) electrons. The van der Waals surface area contributed by atoms with Crippen molar-refractivity contribution in [1.29, 1.82) is 0 Å². The lowest BCUT2D eigenvalue weighted by molar-refractivity contribution is 0.582. The number of hydrogen-bond acceptors (Lipinski definition) is 3. The molecule has 1 aromatic heterocycles. The number of likely N-dealkylation sites (N-methyl/N-ethyl adjacent to an activating group) is 1. The summed E-state index contributed by atoms with van der Waals surface area (Å²) in [6.45, 7) is 6.11. The number of aryl methyl sites for hydroxylation is 3. The molecule has 0 aliphatic rings. The van der Waals surface area contributed by atoms with E-state index in [0.29, 0.717) is 0 Å². The molecular weight excluding hydrogens is 234 g/mol. The van der Waals surface area contributed by atoms with Crippen LogP contribution in [0.5, 0.6) is 0 Å². The third-order valence-corrected chi connectivity index (χ3v) is 3.42. The predicted molar refractivity (Wildman–Crippen MR) is 78.2 cm³/mol. The normalized spacial score (nSPS) is 12.4. The van der Waals surface area contributed by atoms with Crippen LogP contribution in [0, 0.1) is 20.8 Å². The zero-order valence-electron chi connectivity index (χ0n) is 12.1. The molecule has 1 atom stereocenters. The van der Waals surface area contributed by atoms with Crippen LogP contribution in [0.1, 0.15) is 34.1 Å². The van der Waals surface area contributed by atoms with E-state index in [4.69, 9.17) is 0 Å². The number of nitrogens with one attached hydrogen (secondary N) is 1. The Morgan fingerprint density at radius 1 is 1.05 bits per heavy atom. The lowest BCUT2D eigenvalue weighted by Crippen LogP contribution is -2.20. The van der Waals surface area contributed by atoms with Crippen LogP contribution in [0.4, 0.5) is 0 Å². The summed E-state index contributed by atoms with van der Waals surface area (Å²) in [6.07, 6.45) is 0.961. The fourth-order valence-electron chi connectivity index (χ4n) is 2.25. The highest BCUT2D eigenvalue weighted by molar-refractivity contribution is 5.28. The van der Waals surface area contributed by atoms with Crippen molar-refractivity contribution < 1.29 is 0 Å². The molecule has 3 heteroatoms. The third-order valence-electron chi connectivity index (χ3n) is 3.42.